The summed E-state index contributed by atoms with van der Waals surface area (Å²) in [6.07, 6.45) is 0.971. The van der Waals surface area contributed by atoms with E-state index in [-0.39, 0.29) is 12.6 Å². The van der Waals surface area contributed by atoms with E-state index in [1.807, 2.05) is 0 Å². The standard InChI is InChI=1S/C10H24N2O3/c1-14-6-3-4-12(5-7-15-2)8-10(11)9-13/h10,13H,3-9,11H2,1-2H3. The minimum Gasteiger partial charge on any atom is -0.395 e. The number of ether oxygens (including phenoxy) is 2. The molecule has 0 aromatic carbocycles. The van der Waals surface area contributed by atoms with Gasteiger partial charge in [-0.05, 0) is 6.42 Å². The van der Waals surface area contributed by atoms with Crippen molar-refractivity contribution in [1.29, 1.82) is 0 Å². The predicted octanol–water partition coefficient (Wildman–Crippen LogP) is -0.709. The van der Waals surface area contributed by atoms with E-state index in [1.165, 1.54) is 0 Å². The zero-order valence-corrected chi connectivity index (χ0v) is 9.82. The van der Waals surface area contributed by atoms with Crippen molar-refractivity contribution in [3.05, 3.63) is 0 Å². The van der Waals surface area contributed by atoms with Crippen LogP contribution in [-0.2, 0) is 9.47 Å². The Kier molecular flexibility index (Phi) is 10.2. The number of aliphatic hydroxyl groups is 1. The summed E-state index contributed by atoms with van der Waals surface area (Å²) in [6.45, 7) is 3.92. The molecule has 0 heterocycles. The molecule has 0 amide bonds. The Labute approximate surface area is 92.1 Å². The van der Waals surface area contributed by atoms with Crippen LogP contribution >= 0.6 is 0 Å². The van der Waals surface area contributed by atoms with Crippen LogP contribution in [0.15, 0.2) is 0 Å². The van der Waals surface area contributed by atoms with Gasteiger partial charge in [0.2, 0.25) is 0 Å². The van der Waals surface area contributed by atoms with Gasteiger partial charge in [0.15, 0.2) is 0 Å². The molecule has 0 fully saturated rings. The van der Waals surface area contributed by atoms with Gasteiger partial charge in [-0.2, -0.15) is 0 Å². The molecule has 0 spiro atoms. The summed E-state index contributed by atoms with van der Waals surface area (Å²) < 4.78 is 10.0. The van der Waals surface area contributed by atoms with E-state index in [0.29, 0.717) is 13.2 Å². The van der Waals surface area contributed by atoms with Crippen LogP contribution < -0.4 is 5.73 Å². The van der Waals surface area contributed by atoms with Crippen LogP contribution in [0, 0.1) is 0 Å². The summed E-state index contributed by atoms with van der Waals surface area (Å²) in [6, 6.07) is -0.176. The van der Waals surface area contributed by atoms with Crippen LogP contribution in [0.25, 0.3) is 0 Å². The van der Waals surface area contributed by atoms with Gasteiger partial charge in [-0.3, -0.25) is 4.90 Å². The largest absolute Gasteiger partial charge is 0.395 e. The molecule has 0 saturated carbocycles. The molecule has 92 valence electrons. The molecule has 0 aliphatic carbocycles. The first kappa shape index (κ1) is 14.8. The highest BCUT2D eigenvalue weighted by atomic mass is 16.5. The summed E-state index contributed by atoms with van der Waals surface area (Å²) in [5.41, 5.74) is 5.69. The van der Waals surface area contributed by atoms with Crippen molar-refractivity contribution in [3.63, 3.8) is 0 Å². The molecule has 0 bridgehead atoms. The molecule has 0 aliphatic heterocycles. The van der Waals surface area contributed by atoms with Crippen molar-refractivity contribution in [2.24, 2.45) is 5.73 Å². The number of rotatable bonds is 10. The third-order valence-corrected chi connectivity index (χ3v) is 2.16. The molecule has 0 saturated heterocycles. The average Bonchev–Trinajstić information content (AvgIpc) is 2.25. The first-order valence-corrected chi connectivity index (χ1v) is 5.31. The van der Waals surface area contributed by atoms with Gasteiger partial charge in [-0.15, -0.1) is 0 Å². The summed E-state index contributed by atoms with van der Waals surface area (Å²) in [4.78, 5) is 2.18. The quantitative estimate of drug-likeness (QED) is 0.476. The van der Waals surface area contributed by atoms with Crippen molar-refractivity contribution in [3.8, 4) is 0 Å². The highest BCUT2D eigenvalue weighted by Gasteiger charge is 2.09. The molecule has 1 atom stereocenters. The Morgan fingerprint density at radius 1 is 1.20 bits per heavy atom. The molecular weight excluding hydrogens is 196 g/mol. The highest BCUT2D eigenvalue weighted by molar-refractivity contribution is 4.67. The van der Waals surface area contributed by atoms with Gasteiger partial charge < -0.3 is 20.3 Å². The second-order valence-corrected chi connectivity index (χ2v) is 3.58. The first-order chi connectivity index (χ1) is 7.24. The fourth-order valence-electron chi connectivity index (χ4n) is 1.34. The Morgan fingerprint density at radius 2 is 1.87 bits per heavy atom. The smallest absolute Gasteiger partial charge is 0.0595 e. The number of hydrogen-bond acceptors (Lipinski definition) is 5. The molecule has 5 heteroatoms. The van der Waals surface area contributed by atoms with E-state index in [0.717, 1.165) is 26.1 Å². The van der Waals surface area contributed by atoms with Gasteiger partial charge >= 0.3 is 0 Å². The van der Waals surface area contributed by atoms with Crippen LogP contribution in [0.3, 0.4) is 0 Å². The lowest BCUT2D eigenvalue weighted by Crippen LogP contribution is -2.41. The van der Waals surface area contributed by atoms with E-state index in [1.54, 1.807) is 14.2 Å². The number of methoxy groups -OCH3 is 2. The summed E-state index contributed by atoms with van der Waals surface area (Å²) in [5, 5.41) is 8.87. The van der Waals surface area contributed by atoms with Gasteiger partial charge in [0.25, 0.3) is 0 Å². The molecule has 0 rings (SSSR count). The van der Waals surface area contributed by atoms with E-state index >= 15 is 0 Å². The Bertz CT molecular complexity index is 136. The molecule has 15 heavy (non-hydrogen) atoms. The monoisotopic (exact) mass is 220 g/mol. The van der Waals surface area contributed by atoms with Crippen molar-refractivity contribution in [2.75, 3.05) is 53.7 Å². The molecule has 5 nitrogen and oxygen atoms in total. The fraction of sp³-hybridized carbons (Fsp3) is 1.00. The summed E-state index contributed by atoms with van der Waals surface area (Å²) in [5.74, 6) is 0. The SMILES string of the molecule is COCCCN(CCOC)CC(N)CO. The lowest BCUT2D eigenvalue weighted by Gasteiger charge is -2.24. The Balaban J connectivity index is 3.72. The van der Waals surface area contributed by atoms with Crippen molar-refractivity contribution < 1.29 is 14.6 Å². The van der Waals surface area contributed by atoms with Crippen LogP contribution in [0.5, 0.6) is 0 Å². The molecule has 0 radical (unpaired) electrons. The molecule has 0 aromatic rings. The molecule has 3 N–H and O–H groups in total. The van der Waals surface area contributed by atoms with Crippen molar-refractivity contribution >= 4 is 0 Å². The van der Waals surface area contributed by atoms with Crippen molar-refractivity contribution in [2.45, 2.75) is 12.5 Å². The molecule has 0 aromatic heterocycles. The third-order valence-electron chi connectivity index (χ3n) is 2.16. The molecular formula is C10H24N2O3. The molecule has 1 unspecified atom stereocenters. The van der Waals surface area contributed by atoms with Gasteiger partial charge in [-0.25, -0.2) is 0 Å². The van der Waals surface area contributed by atoms with Gasteiger partial charge in [0, 0.05) is 46.5 Å². The zero-order chi connectivity index (χ0) is 11.5. The topological polar surface area (TPSA) is 68.0 Å². The number of aliphatic hydroxyl groups excluding tert-OH is 1. The number of nitrogens with two attached hydrogens (primary N) is 1. The van der Waals surface area contributed by atoms with Crippen molar-refractivity contribution in [1.82, 2.24) is 4.90 Å². The predicted molar refractivity (Wildman–Crippen MR) is 59.9 cm³/mol. The van der Waals surface area contributed by atoms with E-state index in [4.69, 9.17) is 20.3 Å². The number of hydrogen-bond donors (Lipinski definition) is 2. The Morgan fingerprint density at radius 3 is 2.40 bits per heavy atom. The summed E-state index contributed by atoms with van der Waals surface area (Å²) in [7, 11) is 3.37. The normalized spacial score (nSPS) is 13.4. The minimum absolute atomic E-state index is 0.0216. The summed E-state index contributed by atoms with van der Waals surface area (Å²) >= 11 is 0. The van der Waals surface area contributed by atoms with Crippen LogP contribution in [0.2, 0.25) is 0 Å². The maximum atomic E-state index is 8.87. The van der Waals surface area contributed by atoms with Gasteiger partial charge in [0.1, 0.15) is 0 Å². The molecule has 0 aliphatic rings. The van der Waals surface area contributed by atoms with Crippen LogP contribution in [0.1, 0.15) is 6.42 Å². The maximum absolute atomic E-state index is 8.87. The van der Waals surface area contributed by atoms with E-state index < -0.39 is 0 Å². The fourth-order valence-corrected chi connectivity index (χ4v) is 1.34. The zero-order valence-electron chi connectivity index (χ0n) is 9.82. The highest BCUT2D eigenvalue weighted by Crippen LogP contribution is 1.94. The van der Waals surface area contributed by atoms with Crippen LogP contribution in [-0.4, -0.2) is 69.7 Å². The minimum atomic E-state index is -0.176. The van der Waals surface area contributed by atoms with Crippen LogP contribution in [0.4, 0.5) is 0 Å². The second kappa shape index (κ2) is 10.3. The van der Waals surface area contributed by atoms with Gasteiger partial charge in [-0.1, -0.05) is 0 Å². The average molecular weight is 220 g/mol. The van der Waals surface area contributed by atoms with Gasteiger partial charge in [0.05, 0.1) is 13.2 Å². The first-order valence-electron chi connectivity index (χ1n) is 5.31. The second-order valence-electron chi connectivity index (χ2n) is 3.58. The van der Waals surface area contributed by atoms with E-state index in [9.17, 15) is 0 Å². The lowest BCUT2D eigenvalue weighted by atomic mass is 10.3. The van der Waals surface area contributed by atoms with E-state index in [2.05, 4.69) is 4.90 Å². The Hall–Kier alpha value is -0.200. The maximum Gasteiger partial charge on any atom is 0.0595 e. The third kappa shape index (κ3) is 8.77. The number of nitrogens with zero attached hydrogens (tertiary/aromatic N) is 1. The lowest BCUT2D eigenvalue weighted by molar-refractivity contribution is 0.122.